The summed E-state index contributed by atoms with van der Waals surface area (Å²) < 4.78 is 37.1. The summed E-state index contributed by atoms with van der Waals surface area (Å²) in [6, 6.07) is 14.6. The van der Waals surface area contributed by atoms with Crippen molar-refractivity contribution in [3.8, 4) is 0 Å². The second-order valence-corrected chi connectivity index (χ2v) is 7.14. The fourth-order valence-electron chi connectivity index (χ4n) is 2.27. The smallest absolute Gasteiger partial charge is 0.295 e. The summed E-state index contributed by atoms with van der Waals surface area (Å²) in [6.45, 7) is 1.04. The van der Waals surface area contributed by atoms with Crippen molar-refractivity contribution in [1.29, 1.82) is 0 Å². The van der Waals surface area contributed by atoms with Crippen LogP contribution >= 0.6 is 0 Å². The Morgan fingerprint density at radius 3 is 2.60 bits per heavy atom. The molecular formula is C17H19N3O4S. The van der Waals surface area contributed by atoms with E-state index in [2.05, 4.69) is 15.0 Å². The van der Waals surface area contributed by atoms with Crippen molar-refractivity contribution < 1.29 is 17.6 Å². The minimum absolute atomic E-state index is 0.217. The predicted octanol–water partition coefficient (Wildman–Crippen LogP) is 2.36. The summed E-state index contributed by atoms with van der Waals surface area (Å²) in [5.41, 5.74) is 2.42. The Balaban J connectivity index is 1.62. The van der Waals surface area contributed by atoms with Crippen LogP contribution in [0.15, 0.2) is 57.8 Å². The summed E-state index contributed by atoms with van der Waals surface area (Å²) in [5.74, 6) is 0. The van der Waals surface area contributed by atoms with E-state index in [1.807, 2.05) is 24.3 Å². The Bertz CT molecular complexity index is 903. The fraction of sp³-hybridized carbons (Fsp3) is 0.235. The number of methoxy groups -OCH3 is 1. The first-order valence-electron chi connectivity index (χ1n) is 7.75. The maximum absolute atomic E-state index is 12.1. The molecule has 0 aliphatic heterocycles. The molecule has 0 saturated carbocycles. The van der Waals surface area contributed by atoms with Gasteiger partial charge in [-0.2, -0.15) is 4.98 Å². The molecule has 0 spiro atoms. The molecule has 0 fully saturated rings. The first-order valence-corrected chi connectivity index (χ1v) is 9.24. The van der Waals surface area contributed by atoms with Crippen LogP contribution in [0.4, 0.5) is 6.01 Å². The van der Waals surface area contributed by atoms with Crippen LogP contribution in [0.1, 0.15) is 5.56 Å². The molecule has 0 aliphatic rings. The third-order valence-electron chi connectivity index (χ3n) is 3.57. The minimum atomic E-state index is -3.51. The zero-order chi connectivity index (χ0) is 17.7. The van der Waals surface area contributed by atoms with Crippen LogP contribution in [0.2, 0.25) is 0 Å². The van der Waals surface area contributed by atoms with E-state index < -0.39 is 10.0 Å². The van der Waals surface area contributed by atoms with Crippen LogP contribution in [-0.4, -0.2) is 33.7 Å². The first-order chi connectivity index (χ1) is 12.1. The Morgan fingerprint density at radius 1 is 1.12 bits per heavy atom. The largest absolute Gasteiger partial charge is 0.424 e. The molecule has 25 heavy (non-hydrogen) atoms. The van der Waals surface area contributed by atoms with E-state index in [9.17, 15) is 8.42 Å². The molecule has 7 nitrogen and oxygen atoms in total. The molecule has 2 N–H and O–H groups in total. The van der Waals surface area contributed by atoms with Gasteiger partial charge < -0.3 is 14.5 Å². The number of aromatic nitrogens is 1. The zero-order valence-electron chi connectivity index (χ0n) is 13.7. The molecule has 2 aromatic carbocycles. The number of ether oxygens (including phenoxy) is 1. The first kappa shape index (κ1) is 17.4. The average Bonchev–Trinajstić information content (AvgIpc) is 3.03. The van der Waals surface area contributed by atoms with Gasteiger partial charge in [-0.1, -0.05) is 24.3 Å². The van der Waals surface area contributed by atoms with Crippen molar-refractivity contribution in [3.63, 3.8) is 0 Å². The second kappa shape index (κ2) is 7.64. The molecule has 0 aliphatic carbocycles. The van der Waals surface area contributed by atoms with E-state index in [-0.39, 0.29) is 11.4 Å². The number of hydrogen-bond acceptors (Lipinski definition) is 6. The van der Waals surface area contributed by atoms with Gasteiger partial charge in [-0.05, 0) is 29.8 Å². The molecule has 0 amide bonds. The highest BCUT2D eigenvalue weighted by Crippen LogP contribution is 2.19. The van der Waals surface area contributed by atoms with E-state index in [1.54, 1.807) is 24.3 Å². The normalized spacial score (nSPS) is 11.7. The van der Waals surface area contributed by atoms with Crippen molar-refractivity contribution >= 4 is 27.1 Å². The van der Waals surface area contributed by atoms with Crippen LogP contribution in [0.5, 0.6) is 0 Å². The Labute approximate surface area is 146 Å². The van der Waals surface area contributed by atoms with Gasteiger partial charge in [-0.25, -0.2) is 13.1 Å². The van der Waals surface area contributed by atoms with E-state index >= 15 is 0 Å². The highest BCUT2D eigenvalue weighted by Gasteiger charge is 2.13. The van der Waals surface area contributed by atoms with Crippen molar-refractivity contribution in [1.82, 2.24) is 9.71 Å². The molecule has 0 bridgehead atoms. The van der Waals surface area contributed by atoms with E-state index in [0.717, 1.165) is 11.1 Å². The van der Waals surface area contributed by atoms with Crippen molar-refractivity contribution in [2.45, 2.75) is 11.4 Å². The number of rotatable bonds is 8. The topological polar surface area (TPSA) is 93.5 Å². The van der Waals surface area contributed by atoms with Gasteiger partial charge in [0.15, 0.2) is 5.58 Å². The van der Waals surface area contributed by atoms with Gasteiger partial charge in [0.2, 0.25) is 10.0 Å². The highest BCUT2D eigenvalue weighted by atomic mass is 32.2. The van der Waals surface area contributed by atoms with Gasteiger partial charge in [0.1, 0.15) is 5.52 Å². The molecular weight excluding hydrogens is 342 g/mol. The number of fused-ring (bicyclic) bond motifs is 1. The average molecular weight is 361 g/mol. The van der Waals surface area contributed by atoms with Crippen molar-refractivity contribution in [3.05, 3.63) is 54.1 Å². The number of benzene rings is 2. The molecule has 3 rings (SSSR count). The zero-order valence-corrected chi connectivity index (χ0v) is 14.5. The molecule has 0 unspecified atom stereocenters. The van der Waals surface area contributed by atoms with Gasteiger partial charge >= 0.3 is 0 Å². The third kappa shape index (κ3) is 4.36. The molecule has 3 aromatic rings. The molecule has 0 saturated heterocycles. The number of anilines is 1. The van der Waals surface area contributed by atoms with Crippen LogP contribution in [0.25, 0.3) is 11.1 Å². The third-order valence-corrected chi connectivity index (χ3v) is 5.05. The van der Waals surface area contributed by atoms with Gasteiger partial charge in [0.05, 0.1) is 11.5 Å². The lowest BCUT2D eigenvalue weighted by Crippen LogP contribution is -2.27. The molecule has 132 valence electrons. The number of oxazole rings is 1. The monoisotopic (exact) mass is 361 g/mol. The summed E-state index contributed by atoms with van der Waals surface area (Å²) in [5, 5.41) is 3.09. The van der Waals surface area contributed by atoms with Crippen LogP contribution < -0.4 is 10.0 Å². The lowest BCUT2D eigenvalue weighted by molar-refractivity contribution is 0.204. The molecule has 0 atom stereocenters. The van der Waals surface area contributed by atoms with Crippen LogP contribution in [0, 0.1) is 0 Å². The lowest BCUT2D eigenvalue weighted by atomic mass is 10.2. The standard InChI is InChI=1S/C17H19N3O4S/c1-23-11-10-19-25(21,22)14-8-6-13(7-9-14)12-18-17-20-15-4-2-3-5-16(15)24-17/h2-9,19H,10-12H2,1H3,(H,18,20). The second-order valence-electron chi connectivity index (χ2n) is 5.37. The Hall–Kier alpha value is -2.42. The van der Waals surface area contributed by atoms with Crippen LogP contribution in [0.3, 0.4) is 0 Å². The van der Waals surface area contributed by atoms with Crippen LogP contribution in [-0.2, 0) is 21.3 Å². The van der Waals surface area contributed by atoms with E-state index in [4.69, 9.17) is 9.15 Å². The molecule has 1 aromatic heterocycles. The summed E-state index contributed by atoms with van der Waals surface area (Å²) in [4.78, 5) is 4.55. The minimum Gasteiger partial charge on any atom is -0.424 e. The summed E-state index contributed by atoms with van der Waals surface area (Å²) >= 11 is 0. The SMILES string of the molecule is COCCNS(=O)(=O)c1ccc(CNc2nc3ccccc3o2)cc1. The predicted molar refractivity (Wildman–Crippen MR) is 94.8 cm³/mol. The van der Waals surface area contributed by atoms with Gasteiger partial charge in [0.25, 0.3) is 6.01 Å². The quantitative estimate of drug-likeness (QED) is 0.598. The maximum Gasteiger partial charge on any atom is 0.295 e. The van der Waals surface area contributed by atoms with E-state index in [0.29, 0.717) is 24.7 Å². The Morgan fingerprint density at radius 2 is 1.88 bits per heavy atom. The number of para-hydroxylation sites is 2. The number of hydrogen-bond donors (Lipinski definition) is 2. The summed E-state index contributed by atoms with van der Waals surface area (Å²) in [6.07, 6.45) is 0. The summed E-state index contributed by atoms with van der Waals surface area (Å²) in [7, 11) is -1.99. The number of sulfonamides is 1. The van der Waals surface area contributed by atoms with Gasteiger partial charge in [0, 0.05) is 20.2 Å². The molecule has 0 radical (unpaired) electrons. The molecule has 8 heteroatoms. The number of nitrogens with one attached hydrogen (secondary N) is 2. The van der Waals surface area contributed by atoms with E-state index in [1.165, 1.54) is 7.11 Å². The Kier molecular flexibility index (Phi) is 5.32. The van der Waals surface area contributed by atoms with Gasteiger partial charge in [-0.3, -0.25) is 0 Å². The molecule has 1 heterocycles. The lowest BCUT2D eigenvalue weighted by Gasteiger charge is -2.07. The highest BCUT2D eigenvalue weighted by molar-refractivity contribution is 7.89. The maximum atomic E-state index is 12.1. The van der Waals surface area contributed by atoms with Crippen molar-refractivity contribution in [2.75, 3.05) is 25.6 Å². The number of nitrogens with zero attached hydrogens (tertiary/aromatic N) is 1. The van der Waals surface area contributed by atoms with Crippen molar-refractivity contribution in [2.24, 2.45) is 0 Å². The van der Waals surface area contributed by atoms with Gasteiger partial charge in [-0.15, -0.1) is 0 Å². The fourth-order valence-corrected chi connectivity index (χ4v) is 3.29.